The highest BCUT2D eigenvalue weighted by atomic mass is 16.6. The summed E-state index contributed by atoms with van der Waals surface area (Å²) in [5.41, 5.74) is 1.69. The molecule has 10 nitrogen and oxygen atoms in total. The smallest absolute Gasteiger partial charge is 0.410 e. The number of benzene rings is 1. The summed E-state index contributed by atoms with van der Waals surface area (Å²) in [5.74, 6) is -0.747. The summed E-state index contributed by atoms with van der Waals surface area (Å²) in [5, 5.41) is 2.34. The van der Waals surface area contributed by atoms with E-state index in [1.165, 1.54) is 4.57 Å². The van der Waals surface area contributed by atoms with Crippen LogP contribution in [0.4, 0.5) is 4.79 Å². The minimum absolute atomic E-state index is 0.0173. The average molecular weight is 487 g/mol. The fraction of sp³-hybridized carbons (Fsp3) is 0.600. The molecule has 190 valence electrons. The van der Waals surface area contributed by atoms with Gasteiger partial charge in [-0.05, 0) is 58.1 Å². The van der Waals surface area contributed by atoms with Gasteiger partial charge in [-0.3, -0.25) is 24.0 Å². The number of likely N-dealkylation sites (tertiary alicyclic amines) is 1. The van der Waals surface area contributed by atoms with E-state index < -0.39 is 17.6 Å². The number of amides is 3. The Hall–Kier alpha value is -3.14. The molecular weight excluding hydrogens is 452 g/mol. The number of fused-ring (bicyclic) bond motifs is 1. The zero-order valence-corrected chi connectivity index (χ0v) is 20.8. The van der Waals surface area contributed by atoms with Crippen LogP contribution in [0.15, 0.2) is 23.0 Å². The molecule has 0 bridgehead atoms. The van der Waals surface area contributed by atoms with E-state index in [0.29, 0.717) is 38.1 Å². The predicted octanol–water partition coefficient (Wildman–Crippen LogP) is 2.28. The summed E-state index contributed by atoms with van der Waals surface area (Å²) in [6, 6.07) is 5.01. The molecule has 35 heavy (non-hydrogen) atoms. The molecule has 1 aromatic heterocycles. The monoisotopic (exact) mass is 486 g/mol. The number of hydrogen-bond donors (Lipinski definition) is 1. The van der Waals surface area contributed by atoms with Gasteiger partial charge in [0.15, 0.2) is 0 Å². The topological polar surface area (TPSA) is 112 Å². The highest BCUT2D eigenvalue weighted by Crippen LogP contribution is 2.26. The van der Waals surface area contributed by atoms with Crippen molar-refractivity contribution in [3.05, 3.63) is 34.2 Å². The van der Waals surface area contributed by atoms with Crippen LogP contribution in [-0.2, 0) is 32.5 Å². The summed E-state index contributed by atoms with van der Waals surface area (Å²) in [4.78, 5) is 50.9. The van der Waals surface area contributed by atoms with Gasteiger partial charge in [0.25, 0.3) is 0 Å². The molecule has 3 heterocycles. The third kappa shape index (κ3) is 5.42. The quantitative estimate of drug-likeness (QED) is 0.495. The molecule has 2 fully saturated rings. The van der Waals surface area contributed by atoms with Gasteiger partial charge in [-0.2, -0.15) is 0 Å². The number of hydrogen-bond acceptors (Lipinski definition) is 6. The Morgan fingerprint density at radius 3 is 2.66 bits per heavy atom. The van der Waals surface area contributed by atoms with Crippen molar-refractivity contribution in [1.29, 1.82) is 0 Å². The Kier molecular flexibility index (Phi) is 7.02. The minimum atomic E-state index is -0.697. The largest absolute Gasteiger partial charge is 0.444 e. The van der Waals surface area contributed by atoms with Crippen LogP contribution in [-0.4, -0.2) is 63.3 Å². The predicted molar refractivity (Wildman–Crippen MR) is 129 cm³/mol. The van der Waals surface area contributed by atoms with Crippen LogP contribution < -0.4 is 11.0 Å². The van der Waals surface area contributed by atoms with Gasteiger partial charge < -0.3 is 14.4 Å². The maximum Gasteiger partial charge on any atom is 0.410 e. The molecule has 0 spiro atoms. The van der Waals surface area contributed by atoms with Crippen LogP contribution in [0.3, 0.4) is 0 Å². The molecule has 10 heteroatoms. The Labute approximate surface area is 204 Å². The molecule has 2 atom stereocenters. The van der Waals surface area contributed by atoms with Crippen molar-refractivity contribution in [3.63, 3.8) is 0 Å². The SMILES string of the molecule is Cn1c(=O)n(C2CCC(=O)NC2=O)c2cccc(CCCO[C@H]3CCN(C(=O)OC(C)(C)C)C3)c21. The molecule has 1 unspecified atom stereocenters. The fourth-order valence-electron chi connectivity index (χ4n) is 4.82. The molecule has 2 aliphatic rings. The Morgan fingerprint density at radius 2 is 1.94 bits per heavy atom. The zero-order valence-electron chi connectivity index (χ0n) is 20.8. The van der Waals surface area contributed by atoms with Crippen LogP contribution in [0.2, 0.25) is 0 Å². The number of para-hydroxylation sites is 1. The van der Waals surface area contributed by atoms with Gasteiger partial charge in [0.05, 0.1) is 23.7 Å². The van der Waals surface area contributed by atoms with Crippen LogP contribution in [0, 0.1) is 0 Å². The molecule has 2 aliphatic heterocycles. The number of ether oxygens (including phenoxy) is 2. The van der Waals surface area contributed by atoms with Gasteiger partial charge in [0.1, 0.15) is 11.6 Å². The van der Waals surface area contributed by atoms with E-state index >= 15 is 0 Å². The maximum absolute atomic E-state index is 13.0. The number of piperidine rings is 1. The summed E-state index contributed by atoms with van der Waals surface area (Å²) in [6.07, 6.45) is 2.42. The third-order valence-electron chi connectivity index (χ3n) is 6.45. The zero-order chi connectivity index (χ0) is 25.3. The fourth-order valence-corrected chi connectivity index (χ4v) is 4.82. The van der Waals surface area contributed by atoms with Crippen LogP contribution in [0.5, 0.6) is 0 Å². The number of imidazole rings is 1. The molecule has 0 radical (unpaired) electrons. The van der Waals surface area contributed by atoms with Gasteiger partial charge in [0.2, 0.25) is 11.8 Å². The van der Waals surface area contributed by atoms with Crippen molar-refractivity contribution in [2.45, 2.75) is 70.6 Å². The number of carbonyl (C=O) groups is 3. The number of aromatic nitrogens is 2. The van der Waals surface area contributed by atoms with Crippen LogP contribution >= 0.6 is 0 Å². The Morgan fingerprint density at radius 1 is 1.17 bits per heavy atom. The van der Waals surface area contributed by atoms with Crippen molar-refractivity contribution in [1.82, 2.24) is 19.4 Å². The Balaban J connectivity index is 1.38. The highest BCUT2D eigenvalue weighted by Gasteiger charge is 2.32. The first kappa shape index (κ1) is 25.0. The van der Waals surface area contributed by atoms with E-state index in [9.17, 15) is 19.2 Å². The molecule has 1 aromatic carbocycles. The maximum atomic E-state index is 13.0. The first-order valence-electron chi connectivity index (χ1n) is 12.2. The average Bonchev–Trinajstić information content (AvgIpc) is 3.35. The molecule has 1 N–H and O–H groups in total. The van der Waals surface area contributed by atoms with Gasteiger partial charge in [-0.1, -0.05) is 12.1 Å². The van der Waals surface area contributed by atoms with Gasteiger partial charge in [0, 0.05) is 26.6 Å². The lowest BCUT2D eigenvalue weighted by Gasteiger charge is -2.24. The molecular formula is C25H34N4O6. The standard InChI is InChI=1S/C25H34N4O6/c1-25(2,3)35-24(33)28-13-12-17(15-28)34-14-6-8-16-7-5-9-18-21(16)27(4)23(32)29(18)19-10-11-20(30)26-22(19)31/h5,7,9,17,19H,6,8,10-15H2,1-4H3,(H,26,30,31)/t17-,19?/m0/s1. The van der Waals surface area contributed by atoms with Crippen molar-refractivity contribution in [2.24, 2.45) is 7.05 Å². The lowest BCUT2D eigenvalue weighted by Crippen LogP contribution is -2.44. The first-order valence-corrected chi connectivity index (χ1v) is 12.2. The number of nitrogens with one attached hydrogen (secondary N) is 1. The van der Waals surface area contributed by atoms with Crippen molar-refractivity contribution < 1.29 is 23.9 Å². The van der Waals surface area contributed by atoms with E-state index in [-0.39, 0.29) is 30.2 Å². The highest BCUT2D eigenvalue weighted by molar-refractivity contribution is 6.00. The normalized spacial score (nSPS) is 21.0. The number of imide groups is 1. The van der Waals surface area contributed by atoms with E-state index in [1.807, 2.05) is 39.0 Å². The lowest BCUT2D eigenvalue weighted by atomic mass is 10.0. The van der Waals surface area contributed by atoms with Gasteiger partial charge in [-0.25, -0.2) is 9.59 Å². The summed E-state index contributed by atoms with van der Waals surface area (Å²) in [7, 11) is 1.71. The molecule has 2 saturated heterocycles. The second kappa shape index (κ2) is 9.85. The number of nitrogens with zero attached hydrogens (tertiary/aromatic N) is 3. The minimum Gasteiger partial charge on any atom is -0.444 e. The summed E-state index contributed by atoms with van der Waals surface area (Å²) >= 11 is 0. The summed E-state index contributed by atoms with van der Waals surface area (Å²) < 4.78 is 14.5. The van der Waals surface area contributed by atoms with E-state index in [0.717, 1.165) is 23.9 Å². The molecule has 0 saturated carbocycles. The first-order chi connectivity index (χ1) is 16.5. The van der Waals surface area contributed by atoms with Gasteiger partial charge in [-0.15, -0.1) is 0 Å². The molecule has 0 aliphatic carbocycles. The van der Waals surface area contributed by atoms with Crippen LogP contribution in [0.1, 0.15) is 58.1 Å². The molecule has 4 rings (SSSR count). The number of aryl methyl sites for hydroxylation is 2. The number of rotatable bonds is 6. The van der Waals surface area contributed by atoms with E-state index in [4.69, 9.17) is 9.47 Å². The van der Waals surface area contributed by atoms with E-state index in [1.54, 1.807) is 16.5 Å². The summed E-state index contributed by atoms with van der Waals surface area (Å²) in [6.45, 7) is 7.23. The Bertz CT molecular complexity index is 1190. The molecule has 2 aromatic rings. The second-order valence-corrected chi connectivity index (χ2v) is 10.3. The van der Waals surface area contributed by atoms with Crippen molar-refractivity contribution in [2.75, 3.05) is 19.7 Å². The van der Waals surface area contributed by atoms with Crippen molar-refractivity contribution in [3.8, 4) is 0 Å². The number of carbonyl (C=O) groups excluding carboxylic acids is 3. The molecule has 3 amide bonds. The van der Waals surface area contributed by atoms with Crippen molar-refractivity contribution >= 4 is 28.9 Å². The third-order valence-corrected chi connectivity index (χ3v) is 6.45. The lowest BCUT2D eigenvalue weighted by molar-refractivity contribution is -0.135. The second-order valence-electron chi connectivity index (χ2n) is 10.3. The van der Waals surface area contributed by atoms with E-state index in [2.05, 4.69) is 5.32 Å². The van der Waals surface area contributed by atoms with Crippen LogP contribution in [0.25, 0.3) is 11.0 Å². The van der Waals surface area contributed by atoms with Gasteiger partial charge >= 0.3 is 11.8 Å².